The minimum atomic E-state index is -0.454. The second kappa shape index (κ2) is 11.7. The van der Waals surface area contributed by atoms with Crippen LogP contribution in [0.25, 0.3) is 0 Å². The Bertz CT molecular complexity index is 1280. The monoisotopic (exact) mass is 561 g/mol. The molecule has 8 N–H and O–H groups in total. The molecular formula is C28H35N9O4. The number of nitro groups is 2. The maximum Gasteiger partial charge on any atom is 0.269 e. The van der Waals surface area contributed by atoms with Gasteiger partial charge in [-0.15, -0.1) is 0 Å². The highest BCUT2D eigenvalue weighted by Crippen LogP contribution is 2.40. The Morgan fingerprint density at radius 3 is 1.24 bits per heavy atom. The van der Waals surface area contributed by atoms with Gasteiger partial charge in [-0.05, 0) is 55.3 Å². The zero-order chi connectivity index (χ0) is 29.3. The van der Waals surface area contributed by atoms with E-state index in [0.717, 1.165) is 29.9 Å². The van der Waals surface area contributed by atoms with Crippen LogP contribution in [-0.4, -0.2) is 60.2 Å². The first-order valence-corrected chi connectivity index (χ1v) is 13.5. The topological polar surface area (TPSA) is 200 Å². The van der Waals surface area contributed by atoms with Crippen LogP contribution in [0, 0.1) is 20.2 Å². The van der Waals surface area contributed by atoms with E-state index in [0.29, 0.717) is 37.6 Å². The molecule has 3 aromatic carbocycles. The lowest BCUT2D eigenvalue weighted by Crippen LogP contribution is -2.53. The summed E-state index contributed by atoms with van der Waals surface area (Å²) in [6, 6.07) is 18.2. The van der Waals surface area contributed by atoms with Gasteiger partial charge < -0.3 is 37.6 Å². The lowest BCUT2D eigenvalue weighted by molar-refractivity contribution is -0.385. The summed E-state index contributed by atoms with van der Waals surface area (Å²) < 4.78 is 0. The molecule has 0 radical (unpaired) electrons. The van der Waals surface area contributed by atoms with Crippen molar-refractivity contribution in [3.05, 3.63) is 87.0 Å². The van der Waals surface area contributed by atoms with Crippen LogP contribution >= 0.6 is 0 Å². The van der Waals surface area contributed by atoms with E-state index in [1.54, 1.807) is 24.3 Å². The number of benzene rings is 3. The predicted octanol–water partition coefficient (Wildman–Crippen LogP) is 2.70. The molecule has 3 aromatic rings. The number of hydrogen-bond acceptors (Lipinski definition) is 11. The lowest BCUT2D eigenvalue weighted by Gasteiger charge is -2.39. The minimum absolute atomic E-state index is 0.0422. The molecule has 2 aliphatic rings. The first-order chi connectivity index (χ1) is 19.6. The molecule has 13 heteroatoms. The molecule has 5 rings (SSSR count). The maximum absolute atomic E-state index is 11.3. The molecule has 13 nitrogen and oxygen atoms in total. The number of rotatable bonds is 7. The molecular weight excluding hydrogens is 526 g/mol. The van der Waals surface area contributed by atoms with Crippen molar-refractivity contribution >= 4 is 39.8 Å². The summed E-state index contributed by atoms with van der Waals surface area (Å²) in [5, 5.41) is 22.7. The Morgan fingerprint density at radius 1 is 0.585 bits per heavy atom. The molecule has 2 saturated heterocycles. The van der Waals surface area contributed by atoms with Gasteiger partial charge in [0.1, 0.15) is 0 Å². The summed E-state index contributed by atoms with van der Waals surface area (Å²) in [7, 11) is 0. The van der Waals surface area contributed by atoms with Gasteiger partial charge in [-0.25, -0.2) is 0 Å². The highest BCUT2D eigenvalue weighted by Gasteiger charge is 2.28. The Hall–Kier alpha value is -4.30. The molecule has 0 aromatic heterocycles. The Kier molecular flexibility index (Phi) is 8.03. The van der Waals surface area contributed by atoms with E-state index in [2.05, 4.69) is 15.9 Å². The second-order valence-electron chi connectivity index (χ2n) is 10.9. The first-order valence-electron chi connectivity index (χ1n) is 13.5. The standard InChI is InChI=1S/C28H35N9O4/c29-18-9-19(30)15-33(14-18)26-11-27(34-16-20(31)10-21(32)17-34)13-28(12-26)35(22-1-5-24(6-2-22)36(38)39)23-3-7-25(8-4-23)37(40)41/h1-8,11-13,18-21H,9-10,14-17,29-32H2. The van der Waals surface area contributed by atoms with Gasteiger partial charge in [0.25, 0.3) is 11.4 Å². The molecule has 0 bridgehead atoms. The summed E-state index contributed by atoms with van der Waals surface area (Å²) in [5.74, 6) is 0. The number of piperidine rings is 2. The molecule has 41 heavy (non-hydrogen) atoms. The van der Waals surface area contributed by atoms with Crippen LogP contribution in [0.4, 0.5) is 39.8 Å². The highest BCUT2D eigenvalue weighted by atomic mass is 16.6. The van der Waals surface area contributed by atoms with Crippen molar-refractivity contribution in [2.45, 2.75) is 37.0 Å². The average Bonchev–Trinajstić information content (AvgIpc) is 2.92. The van der Waals surface area contributed by atoms with Gasteiger partial charge in [0.15, 0.2) is 0 Å². The van der Waals surface area contributed by atoms with Crippen LogP contribution in [0.3, 0.4) is 0 Å². The molecule has 216 valence electrons. The van der Waals surface area contributed by atoms with Gasteiger partial charge in [-0.3, -0.25) is 20.2 Å². The van der Waals surface area contributed by atoms with Gasteiger partial charge in [-0.1, -0.05) is 0 Å². The number of non-ortho nitro benzene ring substituents is 2. The summed E-state index contributed by atoms with van der Waals surface area (Å²) in [6.07, 6.45) is 1.47. The highest BCUT2D eigenvalue weighted by molar-refractivity contribution is 5.82. The van der Waals surface area contributed by atoms with Crippen LogP contribution in [0.2, 0.25) is 0 Å². The zero-order valence-electron chi connectivity index (χ0n) is 22.6. The van der Waals surface area contributed by atoms with E-state index in [4.69, 9.17) is 22.9 Å². The number of anilines is 5. The normalized spacial score (nSPS) is 22.8. The zero-order valence-corrected chi connectivity index (χ0v) is 22.6. The Labute approximate surface area is 237 Å². The van der Waals surface area contributed by atoms with Gasteiger partial charge in [0.05, 0.1) is 15.5 Å². The van der Waals surface area contributed by atoms with Crippen molar-refractivity contribution in [3.8, 4) is 0 Å². The van der Waals surface area contributed by atoms with E-state index in [9.17, 15) is 20.2 Å². The molecule has 0 amide bonds. The van der Waals surface area contributed by atoms with Gasteiger partial charge in [0, 0.05) is 97.4 Å². The van der Waals surface area contributed by atoms with Crippen molar-refractivity contribution in [3.63, 3.8) is 0 Å². The van der Waals surface area contributed by atoms with Crippen LogP contribution in [0.15, 0.2) is 66.7 Å². The van der Waals surface area contributed by atoms with Crippen LogP contribution < -0.4 is 37.6 Å². The molecule has 4 atom stereocenters. The molecule has 4 unspecified atom stereocenters. The van der Waals surface area contributed by atoms with Gasteiger partial charge >= 0.3 is 0 Å². The molecule has 2 fully saturated rings. The first kappa shape index (κ1) is 28.2. The van der Waals surface area contributed by atoms with Crippen molar-refractivity contribution in [2.24, 2.45) is 22.9 Å². The fourth-order valence-electron chi connectivity index (χ4n) is 5.75. The van der Waals surface area contributed by atoms with E-state index in [-0.39, 0.29) is 35.5 Å². The fraction of sp³-hybridized carbons (Fsp3) is 0.357. The fourth-order valence-corrected chi connectivity index (χ4v) is 5.75. The number of nitrogens with zero attached hydrogens (tertiary/aromatic N) is 5. The third kappa shape index (κ3) is 6.38. The van der Waals surface area contributed by atoms with Crippen LogP contribution in [0.5, 0.6) is 0 Å². The van der Waals surface area contributed by atoms with E-state index in [1.165, 1.54) is 24.3 Å². The van der Waals surface area contributed by atoms with Crippen molar-refractivity contribution in [1.29, 1.82) is 0 Å². The quantitative estimate of drug-likeness (QED) is 0.244. The third-order valence-corrected chi connectivity index (χ3v) is 7.54. The van der Waals surface area contributed by atoms with Crippen LogP contribution in [0.1, 0.15) is 12.8 Å². The third-order valence-electron chi connectivity index (χ3n) is 7.54. The predicted molar refractivity (Wildman–Crippen MR) is 160 cm³/mol. The average molecular weight is 562 g/mol. The van der Waals surface area contributed by atoms with E-state index < -0.39 is 9.85 Å². The van der Waals surface area contributed by atoms with Gasteiger partial charge in [-0.2, -0.15) is 0 Å². The summed E-state index contributed by atoms with van der Waals surface area (Å²) in [4.78, 5) is 28.0. The molecule has 0 saturated carbocycles. The lowest BCUT2D eigenvalue weighted by atomic mass is 10.00. The molecule has 2 aliphatic heterocycles. The molecule has 2 heterocycles. The number of hydrogen-bond donors (Lipinski definition) is 4. The number of nitrogens with two attached hydrogens (primary N) is 4. The van der Waals surface area contributed by atoms with Gasteiger partial charge in [0.2, 0.25) is 0 Å². The second-order valence-corrected chi connectivity index (χ2v) is 10.9. The van der Waals surface area contributed by atoms with E-state index in [1.807, 2.05) is 17.0 Å². The summed E-state index contributed by atoms with van der Waals surface area (Å²) in [5.41, 5.74) is 29.1. The largest absolute Gasteiger partial charge is 0.368 e. The molecule has 0 spiro atoms. The smallest absolute Gasteiger partial charge is 0.269 e. The summed E-state index contributed by atoms with van der Waals surface area (Å²) in [6.45, 7) is 2.52. The van der Waals surface area contributed by atoms with E-state index >= 15 is 0 Å². The Morgan fingerprint density at radius 2 is 0.927 bits per heavy atom. The summed E-state index contributed by atoms with van der Waals surface area (Å²) >= 11 is 0. The minimum Gasteiger partial charge on any atom is -0.368 e. The number of nitro benzene ring substituents is 2. The van der Waals surface area contributed by atoms with Crippen molar-refractivity contribution < 1.29 is 9.85 Å². The van der Waals surface area contributed by atoms with Crippen molar-refractivity contribution in [2.75, 3.05) is 40.9 Å². The maximum atomic E-state index is 11.3. The van der Waals surface area contributed by atoms with Crippen LogP contribution in [-0.2, 0) is 0 Å². The molecule has 0 aliphatic carbocycles. The SMILES string of the molecule is NC1CC(N)CN(c2cc(N3CC(N)CC(N)C3)cc(N(c3ccc([N+](=O)[O-])cc3)c3ccc([N+](=O)[O-])cc3)c2)C1. The van der Waals surface area contributed by atoms with Crippen molar-refractivity contribution in [1.82, 2.24) is 0 Å². The Balaban J connectivity index is 1.66.